The summed E-state index contributed by atoms with van der Waals surface area (Å²) in [6, 6.07) is 3.71. The molecule has 2 aromatic rings. The highest BCUT2D eigenvalue weighted by atomic mass is 79.9. The molecule has 118 valence electrons. The lowest BCUT2D eigenvalue weighted by molar-refractivity contribution is 0.0739. The first-order chi connectivity index (χ1) is 10.4. The van der Waals surface area contributed by atoms with Crippen LogP contribution in [-0.4, -0.2) is 28.3 Å². The lowest BCUT2D eigenvalue weighted by atomic mass is 10.0. The first-order valence-corrected chi connectivity index (χ1v) is 8.17. The zero-order chi connectivity index (χ0) is 15.7. The number of hydrogen-bond donors (Lipinski definition) is 1. The Labute approximate surface area is 137 Å². The number of nitrogens with zero attached hydrogens (tertiary/aromatic N) is 2. The van der Waals surface area contributed by atoms with E-state index < -0.39 is 5.60 Å². The molecule has 0 saturated carbocycles. The molecule has 0 radical (unpaired) electrons. The Kier molecular flexibility index (Phi) is 4.34. The summed E-state index contributed by atoms with van der Waals surface area (Å²) in [5.74, 6) is 1.05. The Morgan fingerprint density at radius 3 is 2.59 bits per heavy atom. The van der Waals surface area contributed by atoms with Gasteiger partial charge in [0.2, 0.25) is 0 Å². The van der Waals surface area contributed by atoms with Gasteiger partial charge in [-0.15, -0.1) is 0 Å². The highest BCUT2D eigenvalue weighted by molar-refractivity contribution is 9.10. The molecule has 3 rings (SSSR count). The number of pyridine rings is 1. The molecule has 1 aliphatic rings. The van der Waals surface area contributed by atoms with Crippen LogP contribution in [0.5, 0.6) is 0 Å². The van der Waals surface area contributed by atoms with Crippen molar-refractivity contribution in [3.8, 4) is 11.3 Å². The summed E-state index contributed by atoms with van der Waals surface area (Å²) >= 11 is 3.44. The van der Waals surface area contributed by atoms with Gasteiger partial charge in [-0.1, -0.05) is 0 Å². The number of rotatable bonds is 3. The van der Waals surface area contributed by atoms with Gasteiger partial charge < -0.3 is 14.3 Å². The van der Waals surface area contributed by atoms with Gasteiger partial charge >= 0.3 is 0 Å². The van der Waals surface area contributed by atoms with Gasteiger partial charge in [0.1, 0.15) is 11.3 Å². The van der Waals surface area contributed by atoms with Crippen molar-refractivity contribution in [2.75, 3.05) is 13.2 Å². The lowest BCUT2D eigenvalue weighted by Gasteiger charge is -2.18. The van der Waals surface area contributed by atoms with Gasteiger partial charge in [0.05, 0.1) is 5.69 Å². The molecule has 3 heterocycles. The Morgan fingerprint density at radius 2 is 2.00 bits per heavy atom. The number of oxazole rings is 1. The molecule has 0 aliphatic carbocycles. The summed E-state index contributed by atoms with van der Waals surface area (Å²) in [7, 11) is 0. The Bertz CT molecular complexity index is 640. The fraction of sp³-hybridized carbons (Fsp3) is 0.500. The van der Waals surface area contributed by atoms with Crippen molar-refractivity contribution < 1.29 is 14.3 Å². The van der Waals surface area contributed by atoms with Crippen LogP contribution in [0.4, 0.5) is 0 Å². The zero-order valence-electron chi connectivity index (χ0n) is 12.7. The molecule has 1 fully saturated rings. The molecule has 6 heteroatoms. The second kappa shape index (κ2) is 6.10. The van der Waals surface area contributed by atoms with Gasteiger partial charge in [-0.05, 0) is 54.8 Å². The Morgan fingerprint density at radius 1 is 1.27 bits per heavy atom. The number of aliphatic hydroxyl groups is 1. The van der Waals surface area contributed by atoms with Crippen molar-refractivity contribution in [3.05, 3.63) is 34.6 Å². The summed E-state index contributed by atoms with van der Waals surface area (Å²) < 4.78 is 11.8. The number of aromatic nitrogens is 2. The summed E-state index contributed by atoms with van der Waals surface area (Å²) in [6.45, 7) is 4.93. The van der Waals surface area contributed by atoms with Crippen LogP contribution in [-0.2, 0) is 10.3 Å². The standard InChI is InChI=1S/C16H19BrN2O3/c1-16(2,20)12-4-3-11(9-18-12)13-14(17)22-15(19-13)10-5-7-21-8-6-10/h3-4,9-10,20H,5-8H2,1-2H3. The number of hydrogen-bond acceptors (Lipinski definition) is 5. The maximum atomic E-state index is 9.96. The van der Waals surface area contributed by atoms with Gasteiger partial charge in [-0.2, -0.15) is 0 Å². The minimum absolute atomic E-state index is 0.308. The van der Waals surface area contributed by atoms with Crippen molar-refractivity contribution in [1.82, 2.24) is 9.97 Å². The van der Waals surface area contributed by atoms with Crippen molar-refractivity contribution in [3.63, 3.8) is 0 Å². The molecule has 0 unspecified atom stereocenters. The number of ether oxygens (including phenoxy) is 1. The molecule has 22 heavy (non-hydrogen) atoms. The summed E-state index contributed by atoms with van der Waals surface area (Å²) in [5, 5.41) is 9.96. The van der Waals surface area contributed by atoms with E-state index in [4.69, 9.17) is 9.15 Å². The van der Waals surface area contributed by atoms with Crippen molar-refractivity contribution >= 4 is 15.9 Å². The van der Waals surface area contributed by atoms with Gasteiger partial charge in [-0.25, -0.2) is 4.98 Å². The predicted octanol–water partition coefficient (Wildman–Crippen LogP) is 3.62. The smallest absolute Gasteiger partial charge is 0.199 e. The van der Waals surface area contributed by atoms with Crippen molar-refractivity contribution in [1.29, 1.82) is 0 Å². The molecular formula is C16H19BrN2O3. The van der Waals surface area contributed by atoms with Crippen LogP contribution >= 0.6 is 15.9 Å². The SMILES string of the molecule is CC(C)(O)c1ccc(-c2nc(C3CCOCC3)oc2Br)cn1. The summed E-state index contributed by atoms with van der Waals surface area (Å²) in [6.07, 6.45) is 3.58. The number of halogens is 1. The van der Waals surface area contributed by atoms with Gasteiger partial charge in [0.25, 0.3) is 0 Å². The van der Waals surface area contributed by atoms with Crippen LogP contribution in [0.3, 0.4) is 0 Å². The average Bonchev–Trinajstić information content (AvgIpc) is 2.89. The van der Waals surface area contributed by atoms with Crippen LogP contribution in [0, 0.1) is 0 Å². The second-order valence-electron chi connectivity index (χ2n) is 6.05. The molecule has 0 bridgehead atoms. The van der Waals surface area contributed by atoms with E-state index in [-0.39, 0.29) is 0 Å². The van der Waals surface area contributed by atoms with E-state index in [1.54, 1.807) is 20.0 Å². The maximum absolute atomic E-state index is 9.96. The molecule has 5 nitrogen and oxygen atoms in total. The molecule has 1 saturated heterocycles. The van der Waals surface area contributed by atoms with Gasteiger partial charge in [0.15, 0.2) is 10.6 Å². The van der Waals surface area contributed by atoms with Crippen LogP contribution in [0.1, 0.15) is 44.2 Å². The molecule has 0 spiro atoms. The van der Waals surface area contributed by atoms with Crippen LogP contribution < -0.4 is 0 Å². The van der Waals surface area contributed by atoms with E-state index >= 15 is 0 Å². The predicted molar refractivity (Wildman–Crippen MR) is 85.5 cm³/mol. The fourth-order valence-corrected chi connectivity index (χ4v) is 2.99. The highest BCUT2D eigenvalue weighted by Crippen LogP contribution is 2.34. The largest absolute Gasteiger partial charge is 0.433 e. The average molecular weight is 367 g/mol. The maximum Gasteiger partial charge on any atom is 0.199 e. The third kappa shape index (κ3) is 3.24. The van der Waals surface area contributed by atoms with E-state index in [9.17, 15) is 5.11 Å². The summed E-state index contributed by atoms with van der Waals surface area (Å²) in [5.41, 5.74) is 1.28. The molecule has 1 aliphatic heterocycles. The minimum Gasteiger partial charge on any atom is -0.433 e. The van der Waals surface area contributed by atoms with Crippen molar-refractivity contribution in [2.45, 2.75) is 38.2 Å². The molecule has 2 aromatic heterocycles. The Balaban J connectivity index is 1.87. The second-order valence-corrected chi connectivity index (χ2v) is 6.77. The van der Waals surface area contributed by atoms with E-state index in [0.29, 0.717) is 16.3 Å². The summed E-state index contributed by atoms with van der Waals surface area (Å²) in [4.78, 5) is 8.94. The monoisotopic (exact) mass is 366 g/mol. The van der Waals surface area contributed by atoms with Crippen LogP contribution in [0.15, 0.2) is 27.4 Å². The van der Waals surface area contributed by atoms with Gasteiger partial charge in [-0.3, -0.25) is 4.98 Å². The molecular weight excluding hydrogens is 348 g/mol. The Hall–Kier alpha value is -1.24. The topological polar surface area (TPSA) is 68.4 Å². The molecule has 0 amide bonds. The molecule has 1 N–H and O–H groups in total. The lowest BCUT2D eigenvalue weighted by Crippen LogP contribution is -2.17. The zero-order valence-corrected chi connectivity index (χ0v) is 14.3. The normalized spacial score (nSPS) is 16.9. The van der Waals surface area contributed by atoms with E-state index in [1.165, 1.54) is 0 Å². The third-order valence-corrected chi connectivity index (χ3v) is 4.37. The fourth-order valence-electron chi connectivity index (χ4n) is 2.51. The van der Waals surface area contributed by atoms with Crippen LogP contribution in [0.2, 0.25) is 0 Å². The molecule has 0 aromatic carbocycles. The first kappa shape index (κ1) is 15.6. The van der Waals surface area contributed by atoms with Crippen molar-refractivity contribution in [2.24, 2.45) is 0 Å². The highest BCUT2D eigenvalue weighted by Gasteiger charge is 2.24. The molecule has 0 atom stereocenters. The van der Waals surface area contributed by atoms with E-state index in [2.05, 4.69) is 25.9 Å². The minimum atomic E-state index is -0.952. The van der Waals surface area contributed by atoms with E-state index in [1.807, 2.05) is 12.1 Å². The first-order valence-electron chi connectivity index (χ1n) is 7.38. The quantitative estimate of drug-likeness (QED) is 0.898. The van der Waals surface area contributed by atoms with E-state index in [0.717, 1.165) is 43.2 Å². The van der Waals surface area contributed by atoms with Crippen LogP contribution in [0.25, 0.3) is 11.3 Å². The van der Waals surface area contributed by atoms with Gasteiger partial charge in [0, 0.05) is 30.9 Å². The third-order valence-electron chi connectivity index (χ3n) is 3.84.